The van der Waals surface area contributed by atoms with Gasteiger partial charge in [-0.05, 0) is 18.6 Å². The van der Waals surface area contributed by atoms with E-state index in [0.29, 0.717) is 19.5 Å². The molecular weight excluding hydrogens is 348 g/mol. The number of sulfone groups is 1. The second kappa shape index (κ2) is 7.64. The molecule has 9 heteroatoms. The van der Waals surface area contributed by atoms with Crippen LogP contribution in [0.1, 0.15) is 29.6 Å². The number of hydrogen-bond acceptors (Lipinski definition) is 6. The highest BCUT2D eigenvalue weighted by molar-refractivity contribution is 7.90. The molecule has 0 N–H and O–H groups in total. The first-order valence-electron chi connectivity index (χ1n) is 7.73. The molecule has 1 fully saturated rings. The zero-order valence-corrected chi connectivity index (χ0v) is 14.9. The van der Waals surface area contributed by atoms with E-state index in [9.17, 15) is 22.8 Å². The zero-order valence-electron chi connectivity index (χ0n) is 14.1. The minimum Gasteiger partial charge on any atom is -0.469 e. The smallest absolute Gasteiger partial charge is 0.306 e. The highest BCUT2D eigenvalue weighted by Crippen LogP contribution is 2.21. The molecule has 136 valence electrons. The van der Waals surface area contributed by atoms with Crippen molar-refractivity contribution in [1.29, 1.82) is 0 Å². The quantitative estimate of drug-likeness (QED) is 0.707. The van der Waals surface area contributed by atoms with Gasteiger partial charge < -0.3 is 4.74 Å². The summed E-state index contributed by atoms with van der Waals surface area (Å²) in [6.45, 7) is 0.647. The van der Waals surface area contributed by atoms with Crippen molar-refractivity contribution >= 4 is 27.6 Å². The van der Waals surface area contributed by atoms with Gasteiger partial charge in [0.2, 0.25) is 5.91 Å². The Kier molecular flexibility index (Phi) is 5.78. The Hall–Kier alpha value is -2.42. The maximum atomic E-state index is 12.8. The largest absolute Gasteiger partial charge is 0.469 e. The molecule has 0 unspecified atom stereocenters. The SMILES string of the molecule is COC(=O)CCC(=O)N1CCCN1C(=O)c1ccccc1S(C)(=O)=O. The molecule has 1 saturated heterocycles. The zero-order chi connectivity index (χ0) is 18.6. The molecule has 0 radical (unpaired) electrons. The van der Waals surface area contributed by atoms with Crippen molar-refractivity contribution in [2.45, 2.75) is 24.2 Å². The fourth-order valence-corrected chi connectivity index (χ4v) is 3.51. The van der Waals surface area contributed by atoms with Crippen LogP contribution in [0.2, 0.25) is 0 Å². The lowest BCUT2D eigenvalue weighted by atomic mass is 10.2. The standard InChI is InChI=1S/C16H20N2O6S/c1-24-15(20)9-8-14(19)17-10-5-11-18(17)16(21)12-6-3-4-7-13(12)25(2,22)23/h3-4,6-7H,5,8-11H2,1-2H3. The van der Waals surface area contributed by atoms with Crippen LogP contribution in [0.25, 0.3) is 0 Å². The number of amides is 2. The van der Waals surface area contributed by atoms with E-state index in [0.717, 1.165) is 6.26 Å². The highest BCUT2D eigenvalue weighted by Gasteiger charge is 2.33. The van der Waals surface area contributed by atoms with Crippen molar-refractivity contribution in [3.05, 3.63) is 29.8 Å². The Morgan fingerprint density at radius 1 is 1.08 bits per heavy atom. The molecule has 0 saturated carbocycles. The summed E-state index contributed by atoms with van der Waals surface area (Å²) in [5.74, 6) is -1.44. The summed E-state index contributed by atoms with van der Waals surface area (Å²) in [7, 11) is -2.35. The van der Waals surface area contributed by atoms with E-state index in [1.165, 1.54) is 35.3 Å². The lowest BCUT2D eigenvalue weighted by Crippen LogP contribution is -2.45. The van der Waals surface area contributed by atoms with E-state index >= 15 is 0 Å². The third-order valence-corrected chi connectivity index (χ3v) is 5.00. The summed E-state index contributed by atoms with van der Waals surface area (Å²) in [5.41, 5.74) is 0.0256. The first kappa shape index (κ1) is 18.9. The van der Waals surface area contributed by atoms with Gasteiger partial charge in [0, 0.05) is 25.8 Å². The van der Waals surface area contributed by atoms with Crippen LogP contribution in [0.5, 0.6) is 0 Å². The highest BCUT2D eigenvalue weighted by atomic mass is 32.2. The van der Waals surface area contributed by atoms with Crippen LogP contribution in [0.3, 0.4) is 0 Å². The number of nitrogens with zero attached hydrogens (tertiary/aromatic N) is 2. The minimum atomic E-state index is -3.58. The molecule has 0 aromatic heterocycles. The van der Waals surface area contributed by atoms with E-state index in [4.69, 9.17) is 0 Å². The topological polar surface area (TPSA) is 101 Å². The van der Waals surface area contributed by atoms with Gasteiger partial charge in [0.25, 0.3) is 5.91 Å². The van der Waals surface area contributed by atoms with Crippen molar-refractivity contribution in [2.75, 3.05) is 26.5 Å². The summed E-state index contributed by atoms with van der Waals surface area (Å²) in [6, 6.07) is 5.90. The summed E-state index contributed by atoms with van der Waals surface area (Å²) >= 11 is 0. The molecule has 0 aliphatic carbocycles. The Balaban J connectivity index is 2.22. The number of rotatable bonds is 5. The Morgan fingerprint density at radius 3 is 2.36 bits per heavy atom. The Labute approximate surface area is 146 Å². The maximum absolute atomic E-state index is 12.8. The van der Waals surface area contributed by atoms with Crippen LogP contribution >= 0.6 is 0 Å². The van der Waals surface area contributed by atoms with Crippen molar-refractivity contribution in [2.24, 2.45) is 0 Å². The summed E-state index contributed by atoms with van der Waals surface area (Å²) < 4.78 is 28.3. The molecule has 25 heavy (non-hydrogen) atoms. The van der Waals surface area contributed by atoms with Crippen molar-refractivity contribution in [3.8, 4) is 0 Å². The fourth-order valence-electron chi connectivity index (χ4n) is 2.63. The van der Waals surface area contributed by atoms with Crippen molar-refractivity contribution in [3.63, 3.8) is 0 Å². The predicted molar refractivity (Wildman–Crippen MR) is 88.2 cm³/mol. The average Bonchev–Trinajstić information content (AvgIpc) is 3.07. The second-order valence-electron chi connectivity index (χ2n) is 5.64. The van der Waals surface area contributed by atoms with Gasteiger partial charge in [0.1, 0.15) is 0 Å². The molecule has 1 aliphatic heterocycles. The molecule has 1 aromatic carbocycles. The predicted octanol–water partition coefficient (Wildman–Crippen LogP) is 0.633. The van der Waals surface area contributed by atoms with Crippen LogP contribution in [0.4, 0.5) is 0 Å². The maximum Gasteiger partial charge on any atom is 0.306 e. The van der Waals surface area contributed by atoms with Gasteiger partial charge in [-0.3, -0.25) is 19.4 Å². The number of esters is 1. The molecule has 8 nitrogen and oxygen atoms in total. The lowest BCUT2D eigenvalue weighted by molar-refractivity contribution is -0.146. The second-order valence-corrected chi connectivity index (χ2v) is 7.63. The third kappa shape index (κ3) is 4.36. The molecule has 0 atom stereocenters. The van der Waals surface area contributed by atoms with Crippen LogP contribution < -0.4 is 0 Å². The molecule has 2 rings (SSSR count). The molecule has 1 aromatic rings. The monoisotopic (exact) mass is 368 g/mol. The van der Waals surface area contributed by atoms with Crippen LogP contribution in [-0.2, 0) is 24.2 Å². The first-order chi connectivity index (χ1) is 11.8. The van der Waals surface area contributed by atoms with Gasteiger partial charge >= 0.3 is 5.97 Å². The van der Waals surface area contributed by atoms with Gasteiger partial charge in [0.15, 0.2) is 9.84 Å². The summed E-state index contributed by atoms with van der Waals surface area (Å²) in [6.07, 6.45) is 1.46. The van der Waals surface area contributed by atoms with Gasteiger partial charge in [-0.15, -0.1) is 0 Å². The molecule has 1 aliphatic rings. The Morgan fingerprint density at radius 2 is 1.72 bits per heavy atom. The van der Waals surface area contributed by atoms with Gasteiger partial charge in [-0.1, -0.05) is 12.1 Å². The number of hydrogen-bond donors (Lipinski definition) is 0. The van der Waals surface area contributed by atoms with Gasteiger partial charge in [-0.25, -0.2) is 13.4 Å². The molecule has 2 amide bonds. The number of benzene rings is 1. The van der Waals surface area contributed by atoms with Crippen LogP contribution in [0, 0.1) is 0 Å². The first-order valence-corrected chi connectivity index (χ1v) is 9.63. The molecule has 1 heterocycles. The lowest BCUT2D eigenvalue weighted by Gasteiger charge is -2.28. The third-order valence-electron chi connectivity index (χ3n) is 3.84. The number of carbonyl (C=O) groups is 3. The number of carbonyl (C=O) groups excluding carboxylic acids is 3. The van der Waals surface area contributed by atoms with E-state index in [-0.39, 0.29) is 29.2 Å². The van der Waals surface area contributed by atoms with Gasteiger partial charge in [0.05, 0.1) is 24.0 Å². The molecular formula is C16H20N2O6S. The fraction of sp³-hybridized carbons (Fsp3) is 0.438. The average molecular weight is 368 g/mol. The van der Waals surface area contributed by atoms with E-state index in [1.807, 2.05) is 0 Å². The number of methoxy groups -OCH3 is 1. The Bertz CT molecular complexity index is 790. The summed E-state index contributed by atoms with van der Waals surface area (Å²) in [5, 5.41) is 2.51. The molecule has 0 spiro atoms. The van der Waals surface area contributed by atoms with Crippen molar-refractivity contribution < 1.29 is 27.5 Å². The van der Waals surface area contributed by atoms with E-state index in [1.54, 1.807) is 6.07 Å². The van der Waals surface area contributed by atoms with Gasteiger partial charge in [-0.2, -0.15) is 0 Å². The normalized spacial score (nSPS) is 14.5. The van der Waals surface area contributed by atoms with Crippen LogP contribution in [0.15, 0.2) is 29.2 Å². The number of hydrazine groups is 1. The summed E-state index contributed by atoms with van der Waals surface area (Å²) in [4.78, 5) is 36.2. The minimum absolute atomic E-state index is 0.0256. The van der Waals surface area contributed by atoms with Crippen LogP contribution in [-0.4, -0.2) is 62.7 Å². The number of ether oxygens (including phenoxy) is 1. The van der Waals surface area contributed by atoms with Crippen molar-refractivity contribution in [1.82, 2.24) is 10.0 Å². The van der Waals surface area contributed by atoms with E-state index in [2.05, 4.69) is 4.74 Å². The molecule has 0 bridgehead atoms. The van der Waals surface area contributed by atoms with E-state index < -0.39 is 21.7 Å².